The summed E-state index contributed by atoms with van der Waals surface area (Å²) < 4.78 is 28.4. The van der Waals surface area contributed by atoms with Crippen molar-refractivity contribution >= 4 is 33.4 Å². The molecule has 1 saturated heterocycles. The molecule has 172 valence electrons. The first-order valence-electron chi connectivity index (χ1n) is 11.2. The average molecular weight is 474 g/mol. The zero-order chi connectivity index (χ0) is 22.7. The van der Waals surface area contributed by atoms with E-state index < -0.39 is 10.0 Å². The third kappa shape index (κ3) is 5.66. The van der Waals surface area contributed by atoms with Crippen LogP contribution in [0.2, 0.25) is 0 Å². The molecule has 0 radical (unpaired) electrons. The monoisotopic (exact) mass is 473 g/mol. The number of anilines is 1. The minimum atomic E-state index is -3.72. The molecule has 6 nitrogen and oxygen atoms in total. The van der Waals surface area contributed by atoms with Gasteiger partial charge in [-0.05, 0) is 80.4 Å². The molecule has 2 aliphatic rings. The van der Waals surface area contributed by atoms with Gasteiger partial charge in [0.2, 0.25) is 10.0 Å². The molecule has 2 aromatic carbocycles. The molecule has 8 heteroatoms. The van der Waals surface area contributed by atoms with Gasteiger partial charge >= 0.3 is 0 Å². The lowest BCUT2D eigenvalue weighted by Gasteiger charge is -2.24. The average Bonchev–Trinajstić information content (AvgIpc) is 3.15. The van der Waals surface area contributed by atoms with E-state index in [0.717, 1.165) is 37.2 Å². The van der Waals surface area contributed by atoms with Crippen molar-refractivity contribution in [3.8, 4) is 0 Å². The minimum Gasteiger partial charge on any atom is -0.382 e. The summed E-state index contributed by atoms with van der Waals surface area (Å²) in [6.07, 6.45) is 3.63. The Balaban J connectivity index is 1.57. The van der Waals surface area contributed by atoms with Crippen LogP contribution in [0.25, 0.3) is 0 Å². The highest BCUT2D eigenvalue weighted by Crippen LogP contribution is 2.26. The van der Waals surface area contributed by atoms with Crippen molar-refractivity contribution in [2.45, 2.75) is 62.6 Å². The van der Waals surface area contributed by atoms with Crippen LogP contribution in [0.15, 0.2) is 47.4 Å². The Bertz CT molecular complexity index is 1050. The van der Waals surface area contributed by atoms with Gasteiger partial charge in [-0.3, -0.25) is 4.79 Å². The van der Waals surface area contributed by atoms with E-state index in [1.54, 1.807) is 26.0 Å². The van der Waals surface area contributed by atoms with Gasteiger partial charge in [0.1, 0.15) is 0 Å². The molecule has 2 aromatic rings. The summed E-state index contributed by atoms with van der Waals surface area (Å²) in [5, 5.41) is 6.57. The Morgan fingerprint density at radius 2 is 1.66 bits per heavy atom. The van der Waals surface area contributed by atoms with Gasteiger partial charge in [-0.1, -0.05) is 24.3 Å². The van der Waals surface area contributed by atoms with Crippen LogP contribution in [-0.4, -0.2) is 44.0 Å². The molecule has 1 aliphatic heterocycles. The molecule has 1 aliphatic carbocycles. The lowest BCUT2D eigenvalue weighted by molar-refractivity contribution is 0.0938. The number of rotatable bonds is 7. The smallest absolute Gasteiger partial charge is 0.251 e. The number of carbonyl (C=O) groups is 1. The molecule has 1 heterocycles. The second kappa shape index (κ2) is 9.85. The summed E-state index contributed by atoms with van der Waals surface area (Å²) >= 11 is 1.93. The van der Waals surface area contributed by atoms with Gasteiger partial charge in [0.15, 0.2) is 0 Å². The van der Waals surface area contributed by atoms with Crippen LogP contribution in [-0.2, 0) is 22.9 Å². The SMILES string of the molecule is CC(C)NS(=O)(=O)c1cc(NC2CCSCC2)cc(C(=O)NC2Cc3ccccc3C2)c1. The molecule has 3 N–H and O–H groups in total. The van der Waals surface area contributed by atoms with Crippen LogP contribution in [0.4, 0.5) is 5.69 Å². The second-order valence-corrected chi connectivity index (χ2v) is 11.8. The van der Waals surface area contributed by atoms with Crippen molar-refractivity contribution in [3.63, 3.8) is 0 Å². The predicted molar refractivity (Wildman–Crippen MR) is 131 cm³/mol. The van der Waals surface area contributed by atoms with E-state index in [1.807, 2.05) is 23.9 Å². The number of sulfonamides is 1. The number of hydrogen-bond acceptors (Lipinski definition) is 5. The summed E-state index contributed by atoms with van der Waals surface area (Å²) in [5.74, 6) is 1.92. The molecule has 1 fully saturated rings. The van der Waals surface area contributed by atoms with Gasteiger partial charge < -0.3 is 10.6 Å². The highest BCUT2D eigenvalue weighted by molar-refractivity contribution is 7.99. The fourth-order valence-electron chi connectivity index (χ4n) is 4.35. The molecule has 0 aromatic heterocycles. The molecule has 0 unspecified atom stereocenters. The van der Waals surface area contributed by atoms with Gasteiger partial charge in [0.05, 0.1) is 4.90 Å². The van der Waals surface area contributed by atoms with Gasteiger partial charge in [-0.15, -0.1) is 0 Å². The fourth-order valence-corrected chi connectivity index (χ4v) is 6.78. The number of nitrogens with one attached hydrogen (secondary N) is 3. The largest absolute Gasteiger partial charge is 0.382 e. The van der Waals surface area contributed by atoms with Crippen molar-refractivity contribution in [1.82, 2.24) is 10.0 Å². The van der Waals surface area contributed by atoms with Crippen LogP contribution >= 0.6 is 11.8 Å². The number of amides is 1. The van der Waals surface area contributed by atoms with Crippen LogP contribution in [0.5, 0.6) is 0 Å². The van der Waals surface area contributed by atoms with Crippen molar-refractivity contribution in [3.05, 3.63) is 59.2 Å². The maximum atomic E-state index is 13.1. The Labute approximate surface area is 195 Å². The van der Waals surface area contributed by atoms with Crippen molar-refractivity contribution in [2.24, 2.45) is 0 Å². The Kier molecular flexibility index (Phi) is 7.12. The topological polar surface area (TPSA) is 87.3 Å². The van der Waals surface area contributed by atoms with E-state index in [1.165, 1.54) is 17.2 Å². The van der Waals surface area contributed by atoms with Crippen LogP contribution in [0.3, 0.4) is 0 Å². The summed E-state index contributed by atoms with van der Waals surface area (Å²) in [6.45, 7) is 3.56. The molecule has 4 rings (SSSR count). The van der Waals surface area contributed by atoms with E-state index in [-0.39, 0.29) is 28.9 Å². The first kappa shape index (κ1) is 23.1. The van der Waals surface area contributed by atoms with Gasteiger partial charge in [-0.25, -0.2) is 13.1 Å². The van der Waals surface area contributed by atoms with Crippen molar-refractivity contribution in [2.75, 3.05) is 16.8 Å². The predicted octanol–water partition coefficient (Wildman–Crippen LogP) is 3.58. The first-order chi connectivity index (χ1) is 15.3. The van der Waals surface area contributed by atoms with Crippen LogP contribution in [0.1, 0.15) is 48.2 Å². The summed E-state index contributed by atoms with van der Waals surface area (Å²) in [6, 6.07) is 13.2. The van der Waals surface area contributed by atoms with Crippen molar-refractivity contribution < 1.29 is 13.2 Å². The summed E-state index contributed by atoms with van der Waals surface area (Å²) in [4.78, 5) is 13.3. The zero-order valence-corrected chi connectivity index (χ0v) is 20.2. The minimum absolute atomic E-state index is 0.0146. The molecule has 1 amide bonds. The van der Waals surface area contributed by atoms with Crippen LogP contribution < -0.4 is 15.4 Å². The molecule has 0 atom stereocenters. The number of carbonyl (C=O) groups excluding carboxylic acids is 1. The Morgan fingerprint density at radius 1 is 1.00 bits per heavy atom. The summed E-state index contributed by atoms with van der Waals surface area (Å²) in [5.41, 5.74) is 3.55. The van der Waals surface area contributed by atoms with Crippen molar-refractivity contribution in [1.29, 1.82) is 0 Å². The zero-order valence-electron chi connectivity index (χ0n) is 18.6. The normalized spacial score (nSPS) is 17.3. The number of hydrogen-bond donors (Lipinski definition) is 3. The van der Waals surface area contributed by atoms with E-state index in [4.69, 9.17) is 0 Å². The van der Waals surface area contributed by atoms with Crippen LogP contribution in [0, 0.1) is 0 Å². The number of fused-ring (bicyclic) bond motifs is 1. The van der Waals surface area contributed by atoms with E-state index in [9.17, 15) is 13.2 Å². The molecule has 0 bridgehead atoms. The van der Waals surface area contributed by atoms with Gasteiger partial charge in [-0.2, -0.15) is 11.8 Å². The molecular formula is C24H31N3O3S2. The Morgan fingerprint density at radius 3 is 2.28 bits per heavy atom. The maximum Gasteiger partial charge on any atom is 0.251 e. The maximum absolute atomic E-state index is 13.1. The molecule has 0 spiro atoms. The second-order valence-electron chi connectivity index (χ2n) is 8.90. The lowest BCUT2D eigenvalue weighted by atomic mass is 10.1. The standard InChI is InChI=1S/C24H31N3O3S2/c1-16(2)27-32(29,30)23-14-19(13-22(15-23)25-20-7-9-31-10-8-20)24(28)26-21-11-17-5-3-4-6-18(17)12-21/h3-6,13-16,20-21,25,27H,7-12H2,1-2H3,(H,26,28). The van der Waals surface area contributed by atoms with Gasteiger partial charge in [0, 0.05) is 29.4 Å². The Hall–Kier alpha value is -2.03. The third-order valence-electron chi connectivity index (χ3n) is 5.85. The van der Waals surface area contributed by atoms with E-state index >= 15 is 0 Å². The molecule has 0 saturated carbocycles. The third-order valence-corrected chi connectivity index (χ3v) is 8.53. The van der Waals surface area contributed by atoms with E-state index in [0.29, 0.717) is 11.3 Å². The highest BCUT2D eigenvalue weighted by atomic mass is 32.2. The molecular weight excluding hydrogens is 442 g/mol. The molecule has 32 heavy (non-hydrogen) atoms. The quantitative estimate of drug-likeness (QED) is 0.572. The number of thioether (sulfide) groups is 1. The lowest BCUT2D eigenvalue weighted by Crippen LogP contribution is -2.36. The number of benzene rings is 2. The highest BCUT2D eigenvalue weighted by Gasteiger charge is 2.25. The van der Waals surface area contributed by atoms with E-state index in [2.05, 4.69) is 27.5 Å². The summed E-state index contributed by atoms with van der Waals surface area (Å²) in [7, 11) is -3.72. The first-order valence-corrected chi connectivity index (χ1v) is 13.8. The van der Waals surface area contributed by atoms with Gasteiger partial charge in [0.25, 0.3) is 5.91 Å². The fraction of sp³-hybridized carbons (Fsp3) is 0.458.